The molecule has 2 atom stereocenters. The molecule has 0 aliphatic heterocycles. The highest BCUT2D eigenvalue weighted by atomic mass is 16.4. The van der Waals surface area contributed by atoms with E-state index in [1.54, 1.807) is 7.05 Å². The third kappa shape index (κ3) is 6.01. The first kappa shape index (κ1) is 17.3. The Balaban J connectivity index is 2.31. The van der Waals surface area contributed by atoms with Crippen LogP contribution in [0.25, 0.3) is 0 Å². The lowest BCUT2D eigenvalue weighted by Gasteiger charge is -2.21. The van der Waals surface area contributed by atoms with E-state index in [1.807, 2.05) is 13.8 Å². The second kappa shape index (κ2) is 7.85. The van der Waals surface area contributed by atoms with Crippen molar-refractivity contribution in [2.75, 3.05) is 20.1 Å². The molecule has 0 bridgehead atoms. The molecule has 2 unspecified atom stereocenters. The zero-order valence-electron chi connectivity index (χ0n) is 12.9. The van der Waals surface area contributed by atoms with E-state index in [0.29, 0.717) is 31.7 Å². The number of amides is 3. The van der Waals surface area contributed by atoms with Crippen LogP contribution in [0.15, 0.2) is 0 Å². The summed E-state index contributed by atoms with van der Waals surface area (Å²) in [6.07, 6.45) is 1.70. The van der Waals surface area contributed by atoms with Crippen LogP contribution >= 0.6 is 0 Å². The van der Waals surface area contributed by atoms with Gasteiger partial charge in [-0.25, -0.2) is 4.79 Å². The maximum absolute atomic E-state index is 11.9. The van der Waals surface area contributed by atoms with Crippen LogP contribution in [0.4, 0.5) is 4.79 Å². The molecule has 1 aliphatic rings. The number of nitrogens with one attached hydrogen (secondary N) is 2. The van der Waals surface area contributed by atoms with Crippen LogP contribution in [-0.2, 0) is 9.59 Å². The molecule has 0 aromatic carbocycles. The molecule has 3 N–H and O–H groups in total. The first-order valence-electron chi connectivity index (χ1n) is 7.30. The maximum atomic E-state index is 11.9. The average molecular weight is 299 g/mol. The Morgan fingerprint density at radius 3 is 2.48 bits per heavy atom. The van der Waals surface area contributed by atoms with Gasteiger partial charge in [0.2, 0.25) is 5.91 Å². The molecule has 7 heteroatoms. The minimum Gasteiger partial charge on any atom is -0.481 e. The Kier molecular flexibility index (Phi) is 6.45. The van der Waals surface area contributed by atoms with Crippen molar-refractivity contribution in [3.8, 4) is 0 Å². The molecule has 0 saturated heterocycles. The molecule has 120 valence electrons. The third-order valence-electron chi connectivity index (χ3n) is 3.54. The van der Waals surface area contributed by atoms with Gasteiger partial charge in [-0.2, -0.15) is 0 Å². The highest BCUT2D eigenvalue weighted by Crippen LogP contribution is 2.25. The number of carbonyl (C=O) groups is 3. The molecule has 21 heavy (non-hydrogen) atoms. The number of hydrogen-bond acceptors (Lipinski definition) is 3. The van der Waals surface area contributed by atoms with Crippen molar-refractivity contribution in [3.63, 3.8) is 0 Å². The fourth-order valence-corrected chi connectivity index (χ4v) is 2.28. The van der Waals surface area contributed by atoms with Gasteiger partial charge in [0.1, 0.15) is 6.54 Å². The van der Waals surface area contributed by atoms with Crippen molar-refractivity contribution in [1.29, 1.82) is 0 Å². The van der Waals surface area contributed by atoms with Crippen LogP contribution in [0.3, 0.4) is 0 Å². The molecule has 1 saturated carbocycles. The summed E-state index contributed by atoms with van der Waals surface area (Å²) in [5, 5.41) is 14.4. The molecule has 1 rings (SSSR count). The fourth-order valence-electron chi connectivity index (χ4n) is 2.28. The molecule has 0 spiro atoms. The van der Waals surface area contributed by atoms with Crippen LogP contribution < -0.4 is 10.6 Å². The number of carbonyl (C=O) groups excluding carboxylic acids is 2. The summed E-state index contributed by atoms with van der Waals surface area (Å²) < 4.78 is 0. The predicted octanol–water partition coefficient (Wildman–Crippen LogP) is 0.653. The minimum absolute atomic E-state index is 0.00632. The molecule has 7 nitrogen and oxygen atoms in total. The lowest BCUT2D eigenvalue weighted by molar-refractivity contribution is -0.141. The smallest absolute Gasteiger partial charge is 0.317 e. The standard InChI is InChI=1S/C14H25N3O4/c1-9(2)7-15-12(18)8-17(3)14(21)16-11-5-4-10(6-11)13(19)20/h9-11H,4-8H2,1-3H3,(H,15,18)(H,16,21)(H,19,20). The van der Waals surface area contributed by atoms with Crippen molar-refractivity contribution >= 4 is 17.9 Å². The second-order valence-corrected chi connectivity index (χ2v) is 6.05. The summed E-state index contributed by atoms with van der Waals surface area (Å²) in [6.45, 7) is 4.57. The van der Waals surface area contributed by atoms with E-state index in [1.165, 1.54) is 4.90 Å². The highest BCUT2D eigenvalue weighted by Gasteiger charge is 2.31. The Labute approximate surface area is 125 Å². The molecule has 0 radical (unpaired) electrons. The van der Waals surface area contributed by atoms with Gasteiger partial charge in [0.15, 0.2) is 0 Å². The molecule has 0 heterocycles. The van der Waals surface area contributed by atoms with Crippen LogP contribution in [0.2, 0.25) is 0 Å². The van der Waals surface area contributed by atoms with Crippen molar-refractivity contribution < 1.29 is 19.5 Å². The van der Waals surface area contributed by atoms with Gasteiger partial charge in [0.25, 0.3) is 0 Å². The van der Waals surface area contributed by atoms with Crippen molar-refractivity contribution in [2.24, 2.45) is 11.8 Å². The summed E-state index contributed by atoms with van der Waals surface area (Å²) in [5.41, 5.74) is 0. The van der Waals surface area contributed by atoms with E-state index < -0.39 is 5.97 Å². The number of hydrogen-bond donors (Lipinski definition) is 3. The highest BCUT2D eigenvalue weighted by molar-refractivity contribution is 5.84. The fraction of sp³-hybridized carbons (Fsp3) is 0.786. The molecule has 0 aromatic rings. The Bertz CT molecular complexity index is 398. The number of urea groups is 1. The van der Waals surface area contributed by atoms with E-state index in [9.17, 15) is 14.4 Å². The van der Waals surface area contributed by atoms with Crippen LogP contribution in [0, 0.1) is 11.8 Å². The molecule has 1 fully saturated rings. The van der Waals surface area contributed by atoms with E-state index in [4.69, 9.17) is 5.11 Å². The molecular weight excluding hydrogens is 274 g/mol. The number of nitrogens with zero attached hydrogens (tertiary/aromatic N) is 1. The molecule has 1 aliphatic carbocycles. The largest absolute Gasteiger partial charge is 0.481 e. The number of aliphatic carboxylic acids is 1. The summed E-state index contributed by atoms with van der Waals surface area (Å²) in [4.78, 5) is 35.7. The normalized spacial score (nSPS) is 21.1. The first-order valence-corrected chi connectivity index (χ1v) is 7.30. The quantitative estimate of drug-likeness (QED) is 0.670. The zero-order chi connectivity index (χ0) is 16.0. The van der Waals surface area contributed by atoms with Crippen LogP contribution in [-0.4, -0.2) is 54.1 Å². The summed E-state index contributed by atoms with van der Waals surface area (Å²) in [6, 6.07) is -0.467. The summed E-state index contributed by atoms with van der Waals surface area (Å²) in [7, 11) is 1.55. The predicted molar refractivity (Wildman–Crippen MR) is 77.8 cm³/mol. The average Bonchev–Trinajstić information content (AvgIpc) is 2.85. The molecule has 0 aromatic heterocycles. The first-order chi connectivity index (χ1) is 9.79. The van der Waals surface area contributed by atoms with Crippen molar-refractivity contribution in [2.45, 2.75) is 39.2 Å². The third-order valence-corrected chi connectivity index (χ3v) is 3.54. The zero-order valence-corrected chi connectivity index (χ0v) is 12.9. The number of likely N-dealkylation sites (N-methyl/N-ethyl adjacent to an activating group) is 1. The Hall–Kier alpha value is -1.79. The number of rotatable bonds is 6. The summed E-state index contributed by atoms with van der Waals surface area (Å²) >= 11 is 0. The lowest BCUT2D eigenvalue weighted by atomic mass is 10.1. The van der Waals surface area contributed by atoms with Gasteiger partial charge in [-0.1, -0.05) is 13.8 Å². The van der Waals surface area contributed by atoms with E-state index >= 15 is 0 Å². The van der Waals surface area contributed by atoms with Crippen LogP contribution in [0.1, 0.15) is 33.1 Å². The van der Waals surface area contributed by atoms with E-state index in [2.05, 4.69) is 10.6 Å². The van der Waals surface area contributed by atoms with Gasteiger partial charge in [0.05, 0.1) is 5.92 Å². The number of carboxylic acids is 1. The maximum Gasteiger partial charge on any atom is 0.317 e. The van der Waals surface area contributed by atoms with Gasteiger partial charge in [-0.3, -0.25) is 9.59 Å². The monoisotopic (exact) mass is 299 g/mol. The van der Waals surface area contributed by atoms with Gasteiger partial charge in [-0.15, -0.1) is 0 Å². The lowest BCUT2D eigenvalue weighted by Crippen LogP contribution is -2.46. The topological polar surface area (TPSA) is 98.7 Å². The Morgan fingerprint density at radius 1 is 1.29 bits per heavy atom. The van der Waals surface area contributed by atoms with Crippen LogP contribution in [0.5, 0.6) is 0 Å². The van der Waals surface area contributed by atoms with Gasteiger partial charge in [-0.05, 0) is 25.2 Å². The van der Waals surface area contributed by atoms with Gasteiger partial charge < -0.3 is 20.6 Å². The molecular formula is C14H25N3O4. The number of carboxylic acid groups (broad SMARTS) is 1. The SMILES string of the molecule is CC(C)CNC(=O)CN(C)C(=O)NC1CCC(C(=O)O)C1. The van der Waals surface area contributed by atoms with E-state index in [0.717, 1.165) is 0 Å². The van der Waals surface area contributed by atoms with E-state index in [-0.39, 0.29) is 30.4 Å². The second-order valence-electron chi connectivity index (χ2n) is 6.05. The van der Waals surface area contributed by atoms with Crippen molar-refractivity contribution in [3.05, 3.63) is 0 Å². The van der Waals surface area contributed by atoms with Crippen molar-refractivity contribution in [1.82, 2.24) is 15.5 Å². The van der Waals surface area contributed by atoms with Gasteiger partial charge in [0, 0.05) is 19.6 Å². The van der Waals surface area contributed by atoms with Gasteiger partial charge >= 0.3 is 12.0 Å². The molecule has 3 amide bonds. The Morgan fingerprint density at radius 2 is 1.95 bits per heavy atom. The minimum atomic E-state index is -0.812. The summed E-state index contributed by atoms with van der Waals surface area (Å²) in [5.74, 6) is -1.03.